The van der Waals surface area contributed by atoms with Crippen LogP contribution in [-0.2, 0) is 4.79 Å². The summed E-state index contributed by atoms with van der Waals surface area (Å²) in [5.41, 5.74) is 0. The number of amides is 1. The quantitative estimate of drug-likeness (QED) is 0.729. The van der Waals surface area contributed by atoms with E-state index in [1.54, 1.807) is 0 Å². The summed E-state index contributed by atoms with van der Waals surface area (Å²) in [6.45, 7) is 2.00. The van der Waals surface area contributed by atoms with E-state index < -0.39 is 0 Å². The maximum absolute atomic E-state index is 12.0. The summed E-state index contributed by atoms with van der Waals surface area (Å²) in [6, 6.07) is -0.0852. The Balaban J connectivity index is 2.41. The Labute approximate surface area is 99.2 Å². The van der Waals surface area contributed by atoms with Gasteiger partial charge in [-0.3, -0.25) is 4.79 Å². The average molecular weight is 221 g/mol. The van der Waals surface area contributed by atoms with Crippen LogP contribution in [0.25, 0.3) is 0 Å². The van der Waals surface area contributed by atoms with Crippen LogP contribution in [0.4, 0.5) is 0 Å². The van der Waals surface area contributed by atoms with E-state index >= 15 is 0 Å². The SMILES string of the molecule is C#CC(CC)NC(=O)C1CCCCCCC1. The molecule has 1 N–H and O–H groups in total. The largest absolute Gasteiger partial charge is 0.342 e. The highest BCUT2D eigenvalue weighted by molar-refractivity contribution is 5.79. The van der Waals surface area contributed by atoms with Crippen molar-refractivity contribution in [3.63, 3.8) is 0 Å². The van der Waals surface area contributed by atoms with E-state index in [0.29, 0.717) is 0 Å². The maximum atomic E-state index is 12.0. The van der Waals surface area contributed by atoms with Crippen LogP contribution >= 0.6 is 0 Å². The van der Waals surface area contributed by atoms with Gasteiger partial charge in [0.2, 0.25) is 5.91 Å². The van der Waals surface area contributed by atoms with Gasteiger partial charge < -0.3 is 5.32 Å². The molecule has 0 aromatic carbocycles. The Bertz CT molecular complexity index is 246. The van der Waals surface area contributed by atoms with Crippen LogP contribution in [0, 0.1) is 18.3 Å². The van der Waals surface area contributed by atoms with Gasteiger partial charge in [-0.25, -0.2) is 0 Å². The predicted octanol–water partition coefficient (Wildman–Crippen LogP) is 2.87. The fraction of sp³-hybridized carbons (Fsp3) is 0.786. The van der Waals surface area contributed by atoms with E-state index in [1.807, 2.05) is 6.92 Å². The lowest BCUT2D eigenvalue weighted by Crippen LogP contribution is -2.38. The lowest BCUT2D eigenvalue weighted by molar-refractivity contribution is -0.126. The van der Waals surface area contributed by atoms with E-state index in [4.69, 9.17) is 6.42 Å². The molecule has 1 rings (SSSR count). The monoisotopic (exact) mass is 221 g/mol. The third kappa shape index (κ3) is 4.26. The topological polar surface area (TPSA) is 29.1 Å². The minimum Gasteiger partial charge on any atom is -0.342 e. The standard InChI is InChI=1S/C14H23NO/c1-3-13(4-2)15-14(16)12-10-8-6-5-7-9-11-12/h1,12-13H,4-11H2,2H3,(H,15,16). The van der Waals surface area contributed by atoms with Crippen LogP contribution in [0.1, 0.15) is 58.3 Å². The third-order valence-electron chi connectivity index (χ3n) is 3.40. The minimum atomic E-state index is -0.0852. The lowest BCUT2D eigenvalue weighted by Gasteiger charge is -2.20. The van der Waals surface area contributed by atoms with Gasteiger partial charge in [-0.2, -0.15) is 0 Å². The summed E-state index contributed by atoms with van der Waals surface area (Å²) in [5, 5.41) is 2.96. The first-order valence-corrected chi connectivity index (χ1v) is 6.54. The summed E-state index contributed by atoms with van der Waals surface area (Å²) in [7, 11) is 0. The molecule has 1 unspecified atom stereocenters. The fourth-order valence-corrected chi connectivity index (χ4v) is 2.27. The Morgan fingerprint density at radius 1 is 1.31 bits per heavy atom. The van der Waals surface area contributed by atoms with Crippen molar-refractivity contribution in [2.75, 3.05) is 0 Å². The molecule has 0 saturated heterocycles. The number of rotatable bonds is 3. The van der Waals surface area contributed by atoms with Crippen molar-refractivity contribution in [2.24, 2.45) is 5.92 Å². The van der Waals surface area contributed by atoms with E-state index in [-0.39, 0.29) is 17.9 Å². The fourth-order valence-electron chi connectivity index (χ4n) is 2.27. The van der Waals surface area contributed by atoms with E-state index in [9.17, 15) is 4.79 Å². The van der Waals surface area contributed by atoms with Gasteiger partial charge in [-0.15, -0.1) is 6.42 Å². The molecule has 1 aliphatic carbocycles. The van der Waals surface area contributed by atoms with Crippen LogP contribution < -0.4 is 5.32 Å². The third-order valence-corrected chi connectivity index (χ3v) is 3.40. The second-order valence-corrected chi connectivity index (χ2v) is 4.68. The molecular weight excluding hydrogens is 198 g/mol. The molecule has 1 saturated carbocycles. The molecule has 0 aromatic rings. The molecule has 0 heterocycles. The first kappa shape index (κ1) is 13.1. The summed E-state index contributed by atoms with van der Waals surface area (Å²) >= 11 is 0. The van der Waals surface area contributed by atoms with Gasteiger partial charge in [0.25, 0.3) is 0 Å². The predicted molar refractivity (Wildman–Crippen MR) is 66.9 cm³/mol. The first-order chi connectivity index (χ1) is 7.77. The van der Waals surface area contributed by atoms with Crippen molar-refractivity contribution in [1.29, 1.82) is 0 Å². The van der Waals surface area contributed by atoms with Crippen molar-refractivity contribution >= 4 is 5.91 Å². The molecule has 1 aliphatic rings. The van der Waals surface area contributed by atoms with Crippen molar-refractivity contribution in [1.82, 2.24) is 5.32 Å². The Kier molecular flexibility index (Phi) is 6.00. The molecule has 0 aromatic heterocycles. The summed E-state index contributed by atoms with van der Waals surface area (Å²) < 4.78 is 0. The summed E-state index contributed by atoms with van der Waals surface area (Å²) in [4.78, 5) is 12.0. The van der Waals surface area contributed by atoms with Gasteiger partial charge in [0.15, 0.2) is 0 Å². The molecule has 0 aliphatic heterocycles. The van der Waals surface area contributed by atoms with Crippen molar-refractivity contribution < 1.29 is 4.79 Å². The van der Waals surface area contributed by atoms with E-state index in [0.717, 1.165) is 19.3 Å². The minimum absolute atomic E-state index is 0.0852. The number of carbonyl (C=O) groups is 1. The van der Waals surface area contributed by atoms with E-state index in [2.05, 4.69) is 11.2 Å². The number of nitrogens with one attached hydrogen (secondary N) is 1. The van der Waals surface area contributed by atoms with Crippen molar-refractivity contribution in [2.45, 2.75) is 64.3 Å². The molecule has 1 fully saturated rings. The highest BCUT2D eigenvalue weighted by atomic mass is 16.1. The second-order valence-electron chi connectivity index (χ2n) is 4.68. The van der Waals surface area contributed by atoms with Crippen LogP contribution in [0.2, 0.25) is 0 Å². The molecule has 2 heteroatoms. The van der Waals surface area contributed by atoms with Crippen molar-refractivity contribution in [3.05, 3.63) is 0 Å². The number of carbonyl (C=O) groups excluding carboxylic acids is 1. The van der Waals surface area contributed by atoms with Gasteiger partial charge in [0.1, 0.15) is 0 Å². The van der Waals surface area contributed by atoms with Gasteiger partial charge in [-0.1, -0.05) is 44.9 Å². The van der Waals surface area contributed by atoms with Gasteiger partial charge >= 0.3 is 0 Å². The molecule has 0 bridgehead atoms. The Morgan fingerprint density at radius 3 is 2.38 bits per heavy atom. The zero-order valence-electron chi connectivity index (χ0n) is 10.3. The summed E-state index contributed by atoms with van der Waals surface area (Å²) in [5.74, 6) is 2.99. The number of terminal acetylenes is 1. The van der Waals surface area contributed by atoms with Crippen LogP contribution in [0.15, 0.2) is 0 Å². The normalized spacial score (nSPS) is 20.2. The highest BCUT2D eigenvalue weighted by Gasteiger charge is 2.20. The summed E-state index contributed by atoms with van der Waals surface area (Å²) in [6.07, 6.45) is 14.5. The first-order valence-electron chi connectivity index (χ1n) is 6.54. The molecule has 0 spiro atoms. The van der Waals surface area contributed by atoms with Crippen LogP contribution in [0.3, 0.4) is 0 Å². The average Bonchev–Trinajstić information content (AvgIpc) is 2.25. The van der Waals surface area contributed by atoms with Gasteiger partial charge in [0, 0.05) is 5.92 Å². The zero-order chi connectivity index (χ0) is 11.8. The molecule has 2 nitrogen and oxygen atoms in total. The van der Waals surface area contributed by atoms with Crippen LogP contribution in [-0.4, -0.2) is 11.9 Å². The van der Waals surface area contributed by atoms with Gasteiger partial charge in [0.05, 0.1) is 6.04 Å². The maximum Gasteiger partial charge on any atom is 0.224 e. The molecular formula is C14H23NO. The Morgan fingerprint density at radius 2 is 1.88 bits per heavy atom. The van der Waals surface area contributed by atoms with Gasteiger partial charge in [-0.05, 0) is 19.3 Å². The second kappa shape index (κ2) is 7.33. The highest BCUT2D eigenvalue weighted by Crippen LogP contribution is 2.22. The number of hydrogen-bond acceptors (Lipinski definition) is 1. The lowest BCUT2D eigenvalue weighted by atomic mass is 9.90. The number of hydrogen-bond donors (Lipinski definition) is 1. The zero-order valence-corrected chi connectivity index (χ0v) is 10.3. The van der Waals surface area contributed by atoms with Crippen LogP contribution in [0.5, 0.6) is 0 Å². The molecule has 16 heavy (non-hydrogen) atoms. The molecule has 1 amide bonds. The van der Waals surface area contributed by atoms with E-state index in [1.165, 1.54) is 32.1 Å². The smallest absolute Gasteiger partial charge is 0.224 e. The molecule has 90 valence electrons. The molecule has 0 radical (unpaired) electrons. The molecule has 1 atom stereocenters. The van der Waals surface area contributed by atoms with Crippen molar-refractivity contribution in [3.8, 4) is 12.3 Å². The Hall–Kier alpha value is -0.970.